The van der Waals surface area contributed by atoms with Gasteiger partial charge in [0.15, 0.2) is 12.2 Å². The summed E-state index contributed by atoms with van der Waals surface area (Å²) in [6.45, 7) is 9.46. The third-order valence-electron chi connectivity index (χ3n) is 16.3. The summed E-state index contributed by atoms with van der Waals surface area (Å²) in [6, 6.07) is 0. The highest BCUT2D eigenvalue weighted by molar-refractivity contribution is 7.47. The number of rotatable bonds is 68. The molecule has 0 saturated carbocycles. The van der Waals surface area contributed by atoms with E-state index < -0.39 is 97.5 Å². The lowest BCUT2D eigenvalue weighted by Crippen LogP contribution is -2.30. The highest BCUT2D eigenvalue weighted by atomic mass is 31.2. The van der Waals surface area contributed by atoms with Crippen molar-refractivity contribution >= 4 is 39.5 Å². The zero-order valence-corrected chi connectivity index (χ0v) is 58.8. The Kier molecular flexibility index (Phi) is 59.9. The number of unbranched alkanes of at least 4 members (excludes halogenated alkanes) is 37. The van der Waals surface area contributed by atoms with Gasteiger partial charge in [-0.25, -0.2) is 9.13 Å². The Bertz CT molecular complexity index is 1720. The topological polar surface area (TPSA) is 237 Å². The number of aliphatic hydroxyl groups is 1. The predicted octanol–water partition coefficient (Wildman–Crippen LogP) is 19.6. The number of aliphatic hydroxyl groups excluding tert-OH is 1. The molecule has 0 heterocycles. The summed E-state index contributed by atoms with van der Waals surface area (Å²) < 4.78 is 68.2. The maximum atomic E-state index is 13.0. The average Bonchev–Trinajstić information content (AvgIpc) is 3.62. The molecule has 88 heavy (non-hydrogen) atoms. The first-order valence-electron chi connectivity index (χ1n) is 36.0. The van der Waals surface area contributed by atoms with Crippen LogP contribution in [0, 0.1) is 11.8 Å². The van der Waals surface area contributed by atoms with Gasteiger partial charge in [0.25, 0.3) is 0 Å². The molecular weight excluding hydrogens is 1160 g/mol. The second kappa shape index (κ2) is 61.3. The number of carbonyl (C=O) groups excluding carboxylic acids is 4. The van der Waals surface area contributed by atoms with Crippen molar-refractivity contribution in [3.8, 4) is 0 Å². The molecule has 17 nitrogen and oxygen atoms in total. The Morgan fingerprint density at radius 2 is 0.580 bits per heavy atom. The van der Waals surface area contributed by atoms with E-state index in [1.54, 1.807) is 0 Å². The van der Waals surface area contributed by atoms with E-state index in [0.29, 0.717) is 31.6 Å². The highest BCUT2D eigenvalue weighted by Gasteiger charge is 2.30. The zero-order chi connectivity index (χ0) is 65.0. The quantitative estimate of drug-likeness (QED) is 0.0222. The molecule has 0 aromatic carbocycles. The largest absolute Gasteiger partial charge is 0.472 e. The van der Waals surface area contributed by atoms with Gasteiger partial charge < -0.3 is 33.8 Å². The molecular formula is C69H134O17P2. The van der Waals surface area contributed by atoms with Crippen molar-refractivity contribution in [1.82, 2.24) is 0 Å². The maximum absolute atomic E-state index is 13.0. The molecule has 3 N–H and O–H groups in total. The van der Waals surface area contributed by atoms with Gasteiger partial charge in [-0.05, 0) is 37.5 Å². The fraction of sp³-hybridized carbons (Fsp3) is 0.942. The van der Waals surface area contributed by atoms with E-state index in [1.807, 2.05) is 0 Å². The molecule has 19 heteroatoms. The van der Waals surface area contributed by atoms with E-state index in [2.05, 4.69) is 41.5 Å². The molecule has 0 aromatic rings. The number of carbonyl (C=O) groups is 4. The van der Waals surface area contributed by atoms with Gasteiger partial charge in [-0.15, -0.1) is 0 Å². The summed E-state index contributed by atoms with van der Waals surface area (Å²) >= 11 is 0. The van der Waals surface area contributed by atoms with Crippen LogP contribution in [0.15, 0.2) is 0 Å². The van der Waals surface area contributed by atoms with Crippen molar-refractivity contribution in [3.05, 3.63) is 0 Å². The Morgan fingerprint density at radius 3 is 0.864 bits per heavy atom. The van der Waals surface area contributed by atoms with Crippen LogP contribution in [0.5, 0.6) is 0 Å². The molecule has 0 aromatic heterocycles. The van der Waals surface area contributed by atoms with E-state index in [0.717, 1.165) is 102 Å². The molecule has 3 unspecified atom stereocenters. The molecule has 0 aliphatic rings. The molecule has 6 atom stereocenters. The van der Waals surface area contributed by atoms with Crippen LogP contribution in [0.1, 0.15) is 350 Å². The molecule has 0 amide bonds. The number of esters is 4. The van der Waals surface area contributed by atoms with Gasteiger partial charge in [0, 0.05) is 25.7 Å². The number of phosphoric ester groups is 2. The smallest absolute Gasteiger partial charge is 0.462 e. The summed E-state index contributed by atoms with van der Waals surface area (Å²) in [5, 5.41) is 10.6. The number of hydrogen-bond donors (Lipinski definition) is 3. The lowest BCUT2D eigenvalue weighted by molar-refractivity contribution is -0.161. The van der Waals surface area contributed by atoms with Crippen molar-refractivity contribution in [2.24, 2.45) is 11.8 Å². The maximum Gasteiger partial charge on any atom is 0.472 e. The second-order valence-electron chi connectivity index (χ2n) is 25.6. The SMILES string of the molecule is CCCCCCCCCCCCCCCCCCC(=O)O[C@H](COC(=O)CCCCCCCCCCC(C)CC)COP(=O)(O)OC[C@@H](O)COP(=O)(O)OC[C@@H](COC(=O)CCCCCCCCC(C)C)OC(=O)CCCCCCCCCCCCC. The van der Waals surface area contributed by atoms with E-state index in [4.69, 9.17) is 37.0 Å². The molecule has 0 rings (SSSR count). The Labute approximate surface area is 537 Å². The minimum Gasteiger partial charge on any atom is -0.462 e. The summed E-state index contributed by atoms with van der Waals surface area (Å²) in [6.07, 6.45) is 45.8. The van der Waals surface area contributed by atoms with Crippen LogP contribution in [-0.2, 0) is 65.4 Å². The van der Waals surface area contributed by atoms with Crippen LogP contribution < -0.4 is 0 Å². The predicted molar refractivity (Wildman–Crippen MR) is 354 cm³/mol. The molecule has 0 bridgehead atoms. The number of ether oxygens (including phenoxy) is 4. The Morgan fingerprint density at radius 1 is 0.330 bits per heavy atom. The van der Waals surface area contributed by atoms with Gasteiger partial charge in [-0.3, -0.25) is 37.3 Å². The fourth-order valence-electron chi connectivity index (χ4n) is 10.4. The van der Waals surface area contributed by atoms with Crippen LogP contribution >= 0.6 is 15.6 Å². The van der Waals surface area contributed by atoms with Gasteiger partial charge in [0.05, 0.1) is 26.4 Å². The third kappa shape index (κ3) is 61.6. The van der Waals surface area contributed by atoms with Crippen molar-refractivity contribution in [2.45, 2.75) is 368 Å². The lowest BCUT2D eigenvalue weighted by Gasteiger charge is -2.21. The second-order valence-corrected chi connectivity index (χ2v) is 28.5. The molecule has 522 valence electrons. The number of hydrogen-bond acceptors (Lipinski definition) is 15. The van der Waals surface area contributed by atoms with Gasteiger partial charge in [-0.1, -0.05) is 298 Å². The van der Waals surface area contributed by atoms with Crippen molar-refractivity contribution in [2.75, 3.05) is 39.6 Å². The summed E-state index contributed by atoms with van der Waals surface area (Å²) in [4.78, 5) is 72.4. The molecule has 0 spiro atoms. The van der Waals surface area contributed by atoms with E-state index in [-0.39, 0.29) is 25.7 Å². The van der Waals surface area contributed by atoms with Gasteiger partial charge in [0.1, 0.15) is 19.3 Å². The first-order chi connectivity index (χ1) is 42.4. The standard InChI is InChI=1S/C69H134O17P2/c1-7-10-12-14-16-18-20-21-22-23-24-26-28-34-42-48-54-69(74)85-64(57-79-66(71)51-45-39-32-30-29-31-38-44-50-62(6)9-3)59-83-87(75,76)81-55-63(70)56-82-88(77,78)84-60-65(58-80-67(72)52-46-40-36-35-37-43-49-61(4)5)86-68(73)53-47-41-33-27-25-19-17-15-13-11-8-2/h61-65,70H,7-60H2,1-6H3,(H,75,76)(H,77,78)/t62?,63-,64-,65-/m1/s1. The molecule has 0 fully saturated rings. The van der Waals surface area contributed by atoms with Crippen LogP contribution in [0.3, 0.4) is 0 Å². The molecule has 0 saturated heterocycles. The Balaban J connectivity index is 5.24. The summed E-state index contributed by atoms with van der Waals surface area (Å²) in [5.41, 5.74) is 0. The van der Waals surface area contributed by atoms with Gasteiger partial charge in [0.2, 0.25) is 0 Å². The molecule has 0 aliphatic carbocycles. The zero-order valence-electron chi connectivity index (χ0n) is 57.0. The van der Waals surface area contributed by atoms with Crippen LogP contribution in [0.25, 0.3) is 0 Å². The monoisotopic (exact) mass is 1300 g/mol. The fourth-order valence-corrected chi connectivity index (χ4v) is 12.0. The first-order valence-corrected chi connectivity index (χ1v) is 39.0. The summed E-state index contributed by atoms with van der Waals surface area (Å²) in [7, 11) is -9.90. The molecule has 0 radical (unpaired) electrons. The van der Waals surface area contributed by atoms with Crippen molar-refractivity contribution in [1.29, 1.82) is 0 Å². The van der Waals surface area contributed by atoms with Crippen molar-refractivity contribution < 1.29 is 80.2 Å². The molecule has 0 aliphatic heterocycles. The lowest BCUT2D eigenvalue weighted by atomic mass is 9.99. The van der Waals surface area contributed by atoms with Gasteiger partial charge in [-0.2, -0.15) is 0 Å². The van der Waals surface area contributed by atoms with Crippen molar-refractivity contribution in [3.63, 3.8) is 0 Å². The minimum absolute atomic E-state index is 0.106. The third-order valence-corrected chi connectivity index (χ3v) is 18.2. The average molecular weight is 1300 g/mol. The van der Waals surface area contributed by atoms with Gasteiger partial charge >= 0.3 is 39.5 Å². The normalized spacial score (nSPS) is 14.5. The van der Waals surface area contributed by atoms with E-state index in [9.17, 15) is 43.2 Å². The van der Waals surface area contributed by atoms with Crippen LogP contribution in [-0.4, -0.2) is 96.7 Å². The minimum atomic E-state index is -4.95. The first kappa shape index (κ1) is 86.1. The highest BCUT2D eigenvalue weighted by Crippen LogP contribution is 2.45. The number of phosphoric acid groups is 2. The summed E-state index contributed by atoms with van der Waals surface area (Å²) in [5.74, 6) is -0.669. The van der Waals surface area contributed by atoms with Crippen LogP contribution in [0.4, 0.5) is 0 Å². The van der Waals surface area contributed by atoms with Crippen LogP contribution in [0.2, 0.25) is 0 Å². The van der Waals surface area contributed by atoms with E-state index >= 15 is 0 Å². The van der Waals surface area contributed by atoms with E-state index in [1.165, 1.54) is 161 Å². The Hall–Kier alpha value is -1.94.